The first-order valence-electron chi connectivity index (χ1n) is 8.21. The molecule has 0 spiro atoms. The second-order valence-electron chi connectivity index (χ2n) is 6.46. The number of nitrogens with zero attached hydrogens (tertiary/aromatic N) is 2. The summed E-state index contributed by atoms with van der Waals surface area (Å²) in [7, 11) is 0. The Kier molecular flexibility index (Phi) is 3.56. The van der Waals surface area contributed by atoms with Crippen LogP contribution in [0.1, 0.15) is 46.4 Å². The maximum atomic E-state index is 12.7. The first-order valence-corrected chi connectivity index (χ1v) is 8.21. The normalized spacial score (nSPS) is 15.4. The lowest BCUT2D eigenvalue weighted by atomic mass is 10.1. The lowest BCUT2D eigenvalue weighted by Gasteiger charge is -2.18. The third-order valence-electron chi connectivity index (χ3n) is 4.39. The highest BCUT2D eigenvalue weighted by Gasteiger charge is 2.34. The zero-order valence-electron chi connectivity index (χ0n) is 13.7. The van der Waals surface area contributed by atoms with Crippen LogP contribution < -0.4 is 5.32 Å². The minimum atomic E-state index is -0.105. The Morgan fingerprint density at radius 1 is 1.25 bits per heavy atom. The van der Waals surface area contributed by atoms with Crippen molar-refractivity contribution in [3.05, 3.63) is 59.2 Å². The van der Waals surface area contributed by atoms with Crippen molar-refractivity contribution in [2.75, 3.05) is 0 Å². The Labute approximate surface area is 140 Å². The Morgan fingerprint density at radius 3 is 2.83 bits per heavy atom. The summed E-state index contributed by atoms with van der Waals surface area (Å²) in [5.41, 5.74) is 4.07. The molecule has 0 aliphatic heterocycles. The van der Waals surface area contributed by atoms with Crippen LogP contribution in [0.3, 0.4) is 0 Å². The lowest BCUT2D eigenvalue weighted by Crippen LogP contribution is -2.30. The van der Waals surface area contributed by atoms with Gasteiger partial charge in [0.1, 0.15) is 5.52 Å². The molecule has 1 aromatic carbocycles. The third kappa shape index (κ3) is 2.89. The molecule has 0 radical (unpaired) electrons. The van der Waals surface area contributed by atoms with Gasteiger partial charge in [-0.1, -0.05) is 0 Å². The molecule has 1 N–H and O–H groups in total. The summed E-state index contributed by atoms with van der Waals surface area (Å²) in [4.78, 5) is 21.4. The van der Waals surface area contributed by atoms with Gasteiger partial charge in [-0.2, -0.15) is 0 Å². The van der Waals surface area contributed by atoms with Gasteiger partial charge in [-0.05, 0) is 61.6 Å². The molecule has 1 aliphatic carbocycles. The number of aryl methyl sites for hydroxylation is 2. The van der Waals surface area contributed by atoms with E-state index in [9.17, 15) is 4.79 Å². The number of benzene rings is 1. The standard InChI is InChI=1S/C19H19N3O2/c1-11-7-8-20-16(9-11)18(13-3-4-13)22-19(23)14-5-6-15-17(10-14)24-12(2)21-15/h5-10,13,18H,3-4H2,1-2H3,(H,22,23)/t18-/m0/s1. The summed E-state index contributed by atoms with van der Waals surface area (Å²) in [5, 5.41) is 3.15. The molecule has 1 amide bonds. The number of carbonyl (C=O) groups excluding carboxylic acids is 1. The molecule has 1 atom stereocenters. The second-order valence-corrected chi connectivity index (χ2v) is 6.46. The van der Waals surface area contributed by atoms with Gasteiger partial charge in [0.2, 0.25) is 0 Å². The summed E-state index contributed by atoms with van der Waals surface area (Å²) >= 11 is 0. The van der Waals surface area contributed by atoms with Crippen LogP contribution in [0.5, 0.6) is 0 Å². The van der Waals surface area contributed by atoms with Gasteiger partial charge in [0.15, 0.2) is 11.5 Å². The number of aromatic nitrogens is 2. The Balaban J connectivity index is 1.60. The van der Waals surface area contributed by atoms with Crippen molar-refractivity contribution in [2.24, 2.45) is 5.92 Å². The number of fused-ring (bicyclic) bond motifs is 1. The van der Waals surface area contributed by atoms with Gasteiger partial charge in [-0.3, -0.25) is 9.78 Å². The van der Waals surface area contributed by atoms with Crippen molar-refractivity contribution in [3.63, 3.8) is 0 Å². The van der Waals surface area contributed by atoms with E-state index in [1.165, 1.54) is 0 Å². The highest BCUT2D eigenvalue weighted by Crippen LogP contribution is 2.40. The van der Waals surface area contributed by atoms with Crippen molar-refractivity contribution in [1.82, 2.24) is 15.3 Å². The Morgan fingerprint density at radius 2 is 2.08 bits per heavy atom. The Bertz CT molecular complexity index is 912. The third-order valence-corrected chi connectivity index (χ3v) is 4.39. The number of hydrogen-bond donors (Lipinski definition) is 1. The minimum absolute atomic E-state index is 0.0374. The molecule has 2 aromatic heterocycles. The number of oxazole rings is 1. The average Bonchev–Trinajstić information content (AvgIpc) is 3.32. The molecule has 2 heterocycles. The van der Waals surface area contributed by atoms with Gasteiger partial charge >= 0.3 is 0 Å². The molecule has 0 unspecified atom stereocenters. The van der Waals surface area contributed by atoms with Crippen LogP contribution >= 0.6 is 0 Å². The summed E-state index contributed by atoms with van der Waals surface area (Å²) in [6, 6.07) is 9.33. The molecule has 1 fully saturated rings. The van der Waals surface area contributed by atoms with E-state index in [1.54, 1.807) is 25.3 Å². The number of nitrogens with one attached hydrogen (secondary N) is 1. The molecule has 122 valence electrons. The first kappa shape index (κ1) is 14.9. The second kappa shape index (κ2) is 5.74. The summed E-state index contributed by atoms with van der Waals surface area (Å²) in [5.74, 6) is 0.966. The van der Waals surface area contributed by atoms with E-state index in [0.717, 1.165) is 29.6 Å². The largest absolute Gasteiger partial charge is 0.441 e. The lowest BCUT2D eigenvalue weighted by molar-refractivity contribution is 0.0930. The molecule has 5 heteroatoms. The number of hydrogen-bond acceptors (Lipinski definition) is 4. The minimum Gasteiger partial charge on any atom is -0.441 e. The van der Waals surface area contributed by atoms with Gasteiger partial charge in [-0.15, -0.1) is 0 Å². The highest BCUT2D eigenvalue weighted by atomic mass is 16.3. The molecule has 1 aliphatic rings. The number of pyridine rings is 1. The van der Waals surface area contributed by atoms with E-state index in [-0.39, 0.29) is 11.9 Å². The van der Waals surface area contributed by atoms with Crippen LogP contribution in [-0.4, -0.2) is 15.9 Å². The van der Waals surface area contributed by atoms with E-state index < -0.39 is 0 Å². The Hall–Kier alpha value is -2.69. The fraction of sp³-hybridized carbons (Fsp3) is 0.316. The van der Waals surface area contributed by atoms with Gasteiger partial charge in [-0.25, -0.2) is 4.98 Å². The van der Waals surface area contributed by atoms with Crippen LogP contribution in [0, 0.1) is 19.8 Å². The zero-order valence-corrected chi connectivity index (χ0v) is 13.7. The topological polar surface area (TPSA) is 68.0 Å². The van der Waals surface area contributed by atoms with Crippen LogP contribution in [-0.2, 0) is 0 Å². The molecule has 5 nitrogen and oxygen atoms in total. The van der Waals surface area contributed by atoms with Gasteiger partial charge in [0.05, 0.1) is 11.7 Å². The van der Waals surface area contributed by atoms with Gasteiger partial charge < -0.3 is 9.73 Å². The zero-order chi connectivity index (χ0) is 16.7. The van der Waals surface area contributed by atoms with Crippen molar-refractivity contribution in [3.8, 4) is 0 Å². The van der Waals surface area contributed by atoms with E-state index in [0.29, 0.717) is 23.0 Å². The number of carbonyl (C=O) groups is 1. The van der Waals surface area contributed by atoms with E-state index >= 15 is 0 Å². The average molecular weight is 321 g/mol. The quantitative estimate of drug-likeness (QED) is 0.795. The van der Waals surface area contributed by atoms with E-state index in [1.807, 2.05) is 25.1 Å². The summed E-state index contributed by atoms with van der Waals surface area (Å²) in [6.45, 7) is 3.84. The van der Waals surface area contributed by atoms with Crippen molar-refractivity contribution in [1.29, 1.82) is 0 Å². The monoisotopic (exact) mass is 321 g/mol. The molecule has 1 saturated carbocycles. The molecule has 0 saturated heterocycles. The predicted octanol–water partition coefficient (Wildman–Crippen LogP) is 3.72. The molecule has 4 rings (SSSR count). The van der Waals surface area contributed by atoms with Crippen molar-refractivity contribution < 1.29 is 9.21 Å². The van der Waals surface area contributed by atoms with Crippen LogP contribution in [0.15, 0.2) is 40.9 Å². The van der Waals surface area contributed by atoms with E-state index in [2.05, 4.69) is 15.3 Å². The summed E-state index contributed by atoms with van der Waals surface area (Å²) < 4.78 is 5.52. The molecule has 0 bridgehead atoms. The summed E-state index contributed by atoms with van der Waals surface area (Å²) in [6.07, 6.45) is 4.05. The molecule has 3 aromatic rings. The fourth-order valence-corrected chi connectivity index (χ4v) is 3.00. The van der Waals surface area contributed by atoms with Crippen LogP contribution in [0.25, 0.3) is 11.1 Å². The SMILES string of the molecule is Cc1ccnc([C@@H](NC(=O)c2ccc3nc(C)oc3c2)C2CC2)c1. The highest BCUT2D eigenvalue weighted by molar-refractivity contribution is 5.97. The first-order chi connectivity index (χ1) is 11.6. The number of rotatable bonds is 4. The maximum absolute atomic E-state index is 12.7. The fourth-order valence-electron chi connectivity index (χ4n) is 3.00. The molecule has 24 heavy (non-hydrogen) atoms. The number of amides is 1. The molecular formula is C19H19N3O2. The van der Waals surface area contributed by atoms with E-state index in [4.69, 9.17) is 4.42 Å². The van der Waals surface area contributed by atoms with Gasteiger partial charge in [0, 0.05) is 18.7 Å². The van der Waals surface area contributed by atoms with Gasteiger partial charge in [0.25, 0.3) is 5.91 Å². The van der Waals surface area contributed by atoms with Crippen LogP contribution in [0.4, 0.5) is 0 Å². The van der Waals surface area contributed by atoms with Crippen LogP contribution in [0.2, 0.25) is 0 Å². The van der Waals surface area contributed by atoms with Crippen molar-refractivity contribution >= 4 is 17.0 Å². The smallest absolute Gasteiger partial charge is 0.251 e. The maximum Gasteiger partial charge on any atom is 0.251 e. The van der Waals surface area contributed by atoms with Crippen molar-refractivity contribution in [2.45, 2.75) is 32.7 Å². The predicted molar refractivity (Wildman–Crippen MR) is 90.7 cm³/mol. The molecular weight excluding hydrogens is 302 g/mol.